The van der Waals surface area contributed by atoms with E-state index in [9.17, 15) is 23.1 Å². The van der Waals surface area contributed by atoms with Gasteiger partial charge in [0.25, 0.3) is 0 Å². The maximum atomic E-state index is 13.6. The van der Waals surface area contributed by atoms with Gasteiger partial charge in [0.15, 0.2) is 0 Å². The summed E-state index contributed by atoms with van der Waals surface area (Å²) in [5.74, 6) is -0.903. The average molecular weight is 428 g/mol. The number of alkyl halides is 3. The fourth-order valence-corrected chi connectivity index (χ4v) is 3.83. The first-order valence-electron chi connectivity index (χ1n) is 8.94. The number of rotatable bonds is 9. The van der Waals surface area contributed by atoms with Crippen LogP contribution in [-0.2, 0) is 10.4 Å². The number of halogens is 3. The molecule has 5 nitrogen and oxygen atoms in total. The summed E-state index contributed by atoms with van der Waals surface area (Å²) in [6.07, 6.45) is -4.04. The number of benzene rings is 1. The third-order valence-electron chi connectivity index (χ3n) is 4.61. The molecule has 0 bridgehead atoms. The fourth-order valence-electron chi connectivity index (χ4n) is 2.77. The lowest BCUT2D eigenvalue weighted by molar-refractivity contribution is -0.268. The van der Waals surface area contributed by atoms with E-state index in [1.165, 1.54) is 18.3 Å². The first-order chi connectivity index (χ1) is 13.6. The minimum absolute atomic E-state index is 0.0242. The number of nitrogens with zero attached hydrogens (tertiary/aromatic N) is 1. The van der Waals surface area contributed by atoms with Crippen LogP contribution < -0.4 is 5.73 Å². The quantitative estimate of drug-likeness (QED) is 0.527. The van der Waals surface area contributed by atoms with E-state index in [1.54, 1.807) is 0 Å². The van der Waals surface area contributed by atoms with Gasteiger partial charge < -0.3 is 15.9 Å². The van der Waals surface area contributed by atoms with Crippen molar-refractivity contribution < 1.29 is 28.2 Å². The van der Waals surface area contributed by atoms with Crippen LogP contribution in [0.4, 0.5) is 13.2 Å². The summed E-state index contributed by atoms with van der Waals surface area (Å²) in [6.45, 7) is 1.89. The molecule has 0 aliphatic heterocycles. The summed E-state index contributed by atoms with van der Waals surface area (Å²) in [5, 5.41) is 19.1. The number of nitrogens with two attached hydrogens (primary N) is 1. The molecule has 29 heavy (non-hydrogen) atoms. The van der Waals surface area contributed by atoms with Crippen molar-refractivity contribution in [3.63, 3.8) is 0 Å². The van der Waals surface area contributed by atoms with Gasteiger partial charge in [-0.25, -0.2) is 0 Å². The topological polar surface area (TPSA) is 96.4 Å². The predicted octanol–water partition coefficient (Wildman–Crippen LogP) is 3.73. The van der Waals surface area contributed by atoms with Crippen LogP contribution >= 0.6 is 11.8 Å². The SMILES string of the molecule is Cc1ccccc1-c1ccc(C(O)(CCSCCC(N)C(=O)O)C(F)(F)F)nc1. The number of aromatic nitrogens is 1. The Labute approximate surface area is 171 Å². The van der Waals surface area contributed by atoms with E-state index >= 15 is 0 Å². The third-order valence-corrected chi connectivity index (χ3v) is 5.63. The Morgan fingerprint density at radius 1 is 1.21 bits per heavy atom. The number of aliphatic carboxylic acids is 1. The second-order valence-electron chi connectivity index (χ2n) is 6.70. The molecule has 0 spiro atoms. The smallest absolute Gasteiger partial charge is 0.423 e. The number of carboxylic acids is 1. The molecule has 9 heteroatoms. The number of aryl methyl sites for hydroxylation is 1. The number of carboxylic acid groups (broad SMARTS) is 1. The number of pyridine rings is 1. The summed E-state index contributed by atoms with van der Waals surface area (Å²) >= 11 is 1.11. The molecular weight excluding hydrogens is 405 g/mol. The number of thioether (sulfide) groups is 1. The van der Waals surface area contributed by atoms with E-state index in [-0.39, 0.29) is 17.9 Å². The molecule has 4 N–H and O–H groups in total. The lowest BCUT2D eigenvalue weighted by Crippen LogP contribution is -2.43. The molecule has 1 aromatic heterocycles. The Bertz CT molecular complexity index is 830. The Morgan fingerprint density at radius 3 is 2.45 bits per heavy atom. The Morgan fingerprint density at radius 2 is 1.90 bits per heavy atom. The van der Waals surface area contributed by atoms with Crippen LogP contribution in [0, 0.1) is 6.92 Å². The molecule has 0 aliphatic carbocycles. The van der Waals surface area contributed by atoms with E-state index < -0.39 is 35.9 Å². The van der Waals surface area contributed by atoms with Crippen LogP contribution in [0.15, 0.2) is 42.6 Å². The van der Waals surface area contributed by atoms with E-state index in [1.807, 2.05) is 31.2 Å². The monoisotopic (exact) mass is 428 g/mol. The number of aliphatic hydroxyl groups is 1. The van der Waals surface area contributed by atoms with Crippen molar-refractivity contribution >= 4 is 17.7 Å². The van der Waals surface area contributed by atoms with Gasteiger partial charge in [0.2, 0.25) is 5.60 Å². The van der Waals surface area contributed by atoms with Gasteiger partial charge >= 0.3 is 12.1 Å². The lowest BCUT2D eigenvalue weighted by Gasteiger charge is -2.30. The Hall–Kier alpha value is -2.10. The highest BCUT2D eigenvalue weighted by molar-refractivity contribution is 7.99. The molecule has 2 rings (SSSR count). The molecule has 2 unspecified atom stereocenters. The second-order valence-corrected chi connectivity index (χ2v) is 7.93. The summed E-state index contributed by atoms with van der Waals surface area (Å²) < 4.78 is 40.9. The second kappa shape index (κ2) is 9.60. The van der Waals surface area contributed by atoms with E-state index in [4.69, 9.17) is 10.8 Å². The van der Waals surface area contributed by atoms with Gasteiger partial charge in [-0.05, 0) is 48.5 Å². The summed E-state index contributed by atoms with van der Waals surface area (Å²) in [7, 11) is 0. The largest absolute Gasteiger partial charge is 0.480 e. The molecule has 1 aromatic carbocycles. The zero-order valence-corrected chi connectivity index (χ0v) is 16.6. The van der Waals surface area contributed by atoms with Gasteiger partial charge in [-0.1, -0.05) is 30.3 Å². The highest BCUT2D eigenvalue weighted by atomic mass is 32.2. The van der Waals surface area contributed by atoms with Gasteiger partial charge in [-0.15, -0.1) is 0 Å². The summed E-state index contributed by atoms with van der Waals surface area (Å²) in [6, 6.07) is 9.09. The first kappa shape index (κ1) is 23.2. The average Bonchev–Trinajstić information content (AvgIpc) is 2.67. The minimum atomic E-state index is -4.90. The number of carbonyl (C=O) groups is 1. The zero-order chi connectivity index (χ0) is 21.7. The van der Waals surface area contributed by atoms with Gasteiger partial charge in [0.1, 0.15) is 6.04 Å². The lowest BCUT2D eigenvalue weighted by atomic mass is 9.93. The normalized spacial score (nSPS) is 15.0. The van der Waals surface area contributed by atoms with Crippen molar-refractivity contribution in [1.82, 2.24) is 4.98 Å². The molecule has 2 atom stereocenters. The first-order valence-corrected chi connectivity index (χ1v) is 10.1. The van der Waals surface area contributed by atoms with Crippen molar-refractivity contribution in [3.8, 4) is 11.1 Å². The Kier molecular flexibility index (Phi) is 7.67. The van der Waals surface area contributed by atoms with Crippen LogP contribution in [0.3, 0.4) is 0 Å². The molecule has 0 saturated heterocycles. The molecule has 0 saturated carbocycles. The molecule has 2 aromatic rings. The van der Waals surface area contributed by atoms with E-state index in [0.717, 1.165) is 22.9 Å². The van der Waals surface area contributed by atoms with E-state index in [2.05, 4.69) is 4.98 Å². The fraction of sp³-hybridized carbons (Fsp3) is 0.400. The predicted molar refractivity (Wildman–Crippen MR) is 107 cm³/mol. The van der Waals surface area contributed by atoms with Crippen molar-refractivity contribution in [2.24, 2.45) is 5.73 Å². The number of hydrogen-bond donors (Lipinski definition) is 3. The molecule has 0 aliphatic rings. The van der Waals surface area contributed by atoms with Crippen LogP contribution in [-0.4, -0.2) is 44.9 Å². The highest BCUT2D eigenvalue weighted by Gasteiger charge is 2.55. The molecule has 0 amide bonds. The summed E-state index contributed by atoms with van der Waals surface area (Å²) in [5.41, 5.74) is 4.29. The van der Waals surface area contributed by atoms with Crippen molar-refractivity contribution in [2.75, 3.05) is 11.5 Å². The molecular formula is C20H23F3N2O3S. The minimum Gasteiger partial charge on any atom is -0.480 e. The van der Waals surface area contributed by atoms with Gasteiger partial charge in [0.05, 0.1) is 5.69 Å². The van der Waals surface area contributed by atoms with Crippen LogP contribution in [0.2, 0.25) is 0 Å². The third kappa shape index (κ3) is 5.71. The van der Waals surface area contributed by atoms with Gasteiger partial charge in [-0.3, -0.25) is 9.78 Å². The molecule has 1 heterocycles. The molecule has 0 radical (unpaired) electrons. The Balaban J connectivity index is 2.11. The number of hydrogen-bond acceptors (Lipinski definition) is 5. The maximum absolute atomic E-state index is 13.6. The van der Waals surface area contributed by atoms with Gasteiger partial charge in [-0.2, -0.15) is 24.9 Å². The van der Waals surface area contributed by atoms with Crippen molar-refractivity contribution in [3.05, 3.63) is 53.9 Å². The molecule has 0 fully saturated rings. The van der Waals surface area contributed by atoms with Crippen LogP contribution in [0.5, 0.6) is 0 Å². The van der Waals surface area contributed by atoms with Gasteiger partial charge in [0, 0.05) is 11.8 Å². The summed E-state index contributed by atoms with van der Waals surface area (Å²) in [4.78, 5) is 14.6. The highest BCUT2D eigenvalue weighted by Crippen LogP contribution is 2.42. The maximum Gasteiger partial charge on any atom is 0.423 e. The van der Waals surface area contributed by atoms with E-state index in [0.29, 0.717) is 5.56 Å². The zero-order valence-electron chi connectivity index (χ0n) is 15.8. The van der Waals surface area contributed by atoms with Crippen molar-refractivity contribution in [1.29, 1.82) is 0 Å². The molecule has 158 valence electrons. The standard InChI is InChI=1S/C20H23F3N2O3S/c1-13-4-2-3-5-15(13)14-6-7-17(25-12-14)19(28,20(21,22)23)9-11-29-10-8-16(24)18(26)27/h2-7,12,16,28H,8-11,24H2,1H3,(H,26,27). The van der Waals surface area contributed by atoms with Crippen LogP contribution in [0.1, 0.15) is 24.1 Å². The van der Waals surface area contributed by atoms with Crippen LogP contribution in [0.25, 0.3) is 11.1 Å². The van der Waals surface area contributed by atoms with Crippen molar-refractivity contribution in [2.45, 2.75) is 37.6 Å².